The van der Waals surface area contributed by atoms with Crippen LogP contribution >= 0.6 is 22.6 Å². The summed E-state index contributed by atoms with van der Waals surface area (Å²) in [6.07, 6.45) is 1.83. The predicted octanol–water partition coefficient (Wildman–Crippen LogP) is 2.03. The minimum atomic E-state index is 0.0758. The van der Waals surface area contributed by atoms with E-state index in [0.29, 0.717) is 0 Å². The molecule has 0 aliphatic carbocycles. The van der Waals surface area contributed by atoms with Crippen molar-refractivity contribution in [3.8, 4) is 0 Å². The summed E-state index contributed by atoms with van der Waals surface area (Å²) in [5.74, 6) is 0. The van der Waals surface area contributed by atoms with Crippen LogP contribution in [0.1, 0.15) is 19.9 Å². The first-order valence-corrected chi connectivity index (χ1v) is 4.57. The van der Waals surface area contributed by atoms with Gasteiger partial charge in [0, 0.05) is 21.9 Å². The Bertz CT molecular complexity index is 303. The van der Waals surface area contributed by atoms with Crippen LogP contribution in [0.5, 0.6) is 0 Å². The van der Waals surface area contributed by atoms with Crippen LogP contribution in [0.2, 0.25) is 0 Å². The lowest BCUT2D eigenvalue weighted by atomic mass is 10.3. The summed E-state index contributed by atoms with van der Waals surface area (Å²) in [6.45, 7) is 3.99. The number of aromatic nitrogens is 1. The Hall–Kier alpha value is -0.320. The fraction of sp³-hybridized carbons (Fsp3) is 0.375. The van der Waals surface area contributed by atoms with Gasteiger partial charge >= 0.3 is 0 Å². The van der Waals surface area contributed by atoms with Crippen LogP contribution in [0, 0.1) is 3.57 Å². The Morgan fingerprint density at radius 3 is 2.64 bits per heavy atom. The lowest BCUT2D eigenvalue weighted by molar-refractivity contribution is 0.577. The average Bonchev–Trinajstić information content (AvgIpc) is 1.85. The van der Waals surface area contributed by atoms with Crippen LogP contribution in [0.15, 0.2) is 23.1 Å². The molecule has 0 radical (unpaired) electrons. The van der Waals surface area contributed by atoms with E-state index >= 15 is 0 Å². The van der Waals surface area contributed by atoms with Gasteiger partial charge in [-0.2, -0.15) is 0 Å². The number of hydrogen-bond acceptors (Lipinski definition) is 1. The molecule has 0 fully saturated rings. The summed E-state index contributed by atoms with van der Waals surface area (Å²) in [5, 5.41) is 0. The second-order valence-corrected chi connectivity index (χ2v) is 3.93. The standard InChI is InChI=1S/C8H10INO/c1-6(2)10-4-3-7(9)5-8(10)11/h3-6H,1-2H3. The Labute approximate surface area is 79.4 Å². The molecule has 3 heteroatoms. The Morgan fingerprint density at radius 1 is 1.55 bits per heavy atom. The molecule has 0 N–H and O–H groups in total. The SMILES string of the molecule is CC(C)n1ccc(I)cc1=O. The molecule has 1 aromatic heterocycles. The fourth-order valence-electron chi connectivity index (χ4n) is 0.892. The molecule has 0 saturated heterocycles. The summed E-state index contributed by atoms with van der Waals surface area (Å²) < 4.78 is 2.70. The molecule has 0 aliphatic heterocycles. The molecule has 0 atom stereocenters. The highest BCUT2D eigenvalue weighted by atomic mass is 127. The van der Waals surface area contributed by atoms with Crippen molar-refractivity contribution in [2.75, 3.05) is 0 Å². The summed E-state index contributed by atoms with van der Waals surface area (Å²) in [5.41, 5.74) is 0.0758. The Morgan fingerprint density at radius 2 is 2.18 bits per heavy atom. The molecule has 0 aliphatic rings. The predicted molar refractivity (Wildman–Crippen MR) is 53.8 cm³/mol. The third kappa shape index (κ3) is 2.05. The highest BCUT2D eigenvalue weighted by molar-refractivity contribution is 14.1. The quantitative estimate of drug-likeness (QED) is 0.710. The number of rotatable bonds is 1. The van der Waals surface area contributed by atoms with Crippen molar-refractivity contribution in [2.45, 2.75) is 19.9 Å². The fourth-order valence-corrected chi connectivity index (χ4v) is 1.32. The molecule has 11 heavy (non-hydrogen) atoms. The van der Waals surface area contributed by atoms with Crippen molar-refractivity contribution < 1.29 is 0 Å². The van der Waals surface area contributed by atoms with Gasteiger partial charge in [0.25, 0.3) is 5.56 Å². The van der Waals surface area contributed by atoms with E-state index in [2.05, 4.69) is 22.6 Å². The van der Waals surface area contributed by atoms with Gasteiger partial charge in [0.05, 0.1) is 0 Å². The molecule has 0 aromatic carbocycles. The van der Waals surface area contributed by atoms with Crippen LogP contribution < -0.4 is 5.56 Å². The van der Waals surface area contributed by atoms with Crippen LogP contribution in [-0.2, 0) is 0 Å². The van der Waals surface area contributed by atoms with Gasteiger partial charge in [-0.05, 0) is 42.5 Å². The maximum atomic E-state index is 11.2. The van der Waals surface area contributed by atoms with E-state index in [1.165, 1.54) is 0 Å². The maximum Gasteiger partial charge on any atom is 0.251 e. The first-order valence-electron chi connectivity index (χ1n) is 3.49. The third-order valence-electron chi connectivity index (χ3n) is 1.47. The normalized spacial score (nSPS) is 10.5. The van der Waals surface area contributed by atoms with Gasteiger partial charge in [-0.25, -0.2) is 0 Å². The van der Waals surface area contributed by atoms with Crippen LogP contribution in [-0.4, -0.2) is 4.57 Å². The second-order valence-electron chi connectivity index (χ2n) is 2.68. The second kappa shape index (κ2) is 3.38. The van der Waals surface area contributed by atoms with Crippen molar-refractivity contribution >= 4 is 22.6 Å². The van der Waals surface area contributed by atoms with Gasteiger partial charge in [0.15, 0.2) is 0 Å². The van der Waals surface area contributed by atoms with Gasteiger partial charge in [-0.15, -0.1) is 0 Å². The van der Waals surface area contributed by atoms with Crippen molar-refractivity contribution in [1.29, 1.82) is 0 Å². The molecule has 0 saturated carbocycles. The van der Waals surface area contributed by atoms with Gasteiger partial charge in [0.1, 0.15) is 0 Å². The van der Waals surface area contributed by atoms with Gasteiger partial charge in [0.2, 0.25) is 0 Å². The molecular weight excluding hydrogens is 253 g/mol. The topological polar surface area (TPSA) is 22.0 Å². The molecule has 1 heterocycles. The Balaban J connectivity index is 3.21. The monoisotopic (exact) mass is 263 g/mol. The smallest absolute Gasteiger partial charge is 0.251 e. The zero-order valence-corrected chi connectivity index (χ0v) is 8.70. The first kappa shape index (κ1) is 8.77. The highest BCUT2D eigenvalue weighted by Gasteiger charge is 1.98. The summed E-state index contributed by atoms with van der Waals surface area (Å²) in [7, 11) is 0. The largest absolute Gasteiger partial charge is 0.313 e. The Kier molecular flexibility index (Phi) is 2.70. The van der Waals surface area contributed by atoms with Crippen molar-refractivity contribution in [3.63, 3.8) is 0 Å². The van der Waals surface area contributed by atoms with E-state index in [1.54, 1.807) is 10.6 Å². The molecule has 2 nitrogen and oxygen atoms in total. The number of halogens is 1. The number of hydrogen-bond donors (Lipinski definition) is 0. The molecule has 0 spiro atoms. The third-order valence-corrected chi connectivity index (χ3v) is 2.14. The van der Waals surface area contributed by atoms with E-state index in [-0.39, 0.29) is 11.6 Å². The van der Waals surface area contributed by atoms with Crippen molar-refractivity contribution in [2.24, 2.45) is 0 Å². The summed E-state index contributed by atoms with van der Waals surface area (Å²) >= 11 is 2.13. The number of nitrogens with zero attached hydrogens (tertiary/aromatic N) is 1. The van der Waals surface area contributed by atoms with Gasteiger partial charge in [-0.1, -0.05) is 0 Å². The van der Waals surface area contributed by atoms with E-state index < -0.39 is 0 Å². The lowest BCUT2D eigenvalue weighted by Gasteiger charge is -2.07. The highest BCUT2D eigenvalue weighted by Crippen LogP contribution is 2.02. The molecule has 0 amide bonds. The molecule has 0 unspecified atom stereocenters. The van der Waals surface area contributed by atoms with Crippen LogP contribution in [0.25, 0.3) is 0 Å². The van der Waals surface area contributed by atoms with E-state index in [0.717, 1.165) is 3.57 Å². The van der Waals surface area contributed by atoms with Crippen LogP contribution in [0.4, 0.5) is 0 Å². The zero-order chi connectivity index (χ0) is 8.43. The molecule has 0 bridgehead atoms. The zero-order valence-electron chi connectivity index (χ0n) is 6.54. The van der Waals surface area contributed by atoms with E-state index in [4.69, 9.17) is 0 Å². The average molecular weight is 263 g/mol. The molecular formula is C8H10INO. The van der Waals surface area contributed by atoms with E-state index in [1.807, 2.05) is 26.1 Å². The van der Waals surface area contributed by atoms with E-state index in [9.17, 15) is 4.79 Å². The van der Waals surface area contributed by atoms with Crippen molar-refractivity contribution in [3.05, 3.63) is 32.3 Å². The summed E-state index contributed by atoms with van der Waals surface area (Å²) in [4.78, 5) is 11.2. The molecule has 1 aromatic rings. The minimum Gasteiger partial charge on any atom is -0.313 e. The van der Waals surface area contributed by atoms with Gasteiger partial charge in [-0.3, -0.25) is 4.79 Å². The maximum absolute atomic E-state index is 11.2. The molecule has 60 valence electrons. The number of pyridine rings is 1. The summed E-state index contributed by atoms with van der Waals surface area (Å²) in [6, 6.07) is 3.82. The van der Waals surface area contributed by atoms with Crippen LogP contribution in [0.3, 0.4) is 0 Å². The van der Waals surface area contributed by atoms with Crippen molar-refractivity contribution in [1.82, 2.24) is 4.57 Å². The minimum absolute atomic E-state index is 0.0758. The van der Waals surface area contributed by atoms with Gasteiger partial charge < -0.3 is 4.57 Å². The first-order chi connectivity index (χ1) is 5.11. The lowest BCUT2D eigenvalue weighted by Crippen LogP contribution is -2.20. The molecule has 1 rings (SSSR count).